The van der Waals surface area contributed by atoms with Crippen molar-refractivity contribution in [3.63, 3.8) is 0 Å². The van der Waals surface area contributed by atoms with E-state index in [0.717, 1.165) is 19.5 Å². The Bertz CT molecular complexity index is 414. The molecule has 0 aromatic heterocycles. The molecule has 2 aliphatic rings. The molecule has 1 atom stereocenters. The van der Waals surface area contributed by atoms with Gasteiger partial charge in [0.25, 0.3) is 0 Å². The van der Waals surface area contributed by atoms with Crippen LogP contribution < -0.4 is 0 Å². The lowest BCUT2D eigenvalue weighted by molar-refractivity contribution is 0.337. The molecule has 0 radical (unpaired) electrons. The van der Waals surface area contributed by atoms with Crippen molar-refractivity contribution < 1.29 is 0 Å². The molecule has 78 valence electrons. The molecular formula is C12H14N2S. The minimum Gasteiger partial charge on any atom is -0.342 e. The fourth-order valence-corrected chi connectivity index (χ4v) is 3.17. The average Bonchev–Trinajstić information content (AvgIpc) is 2.72. The highest BCUT2D eigenvalue weighted by Crippen LogP contribution is 2.35. The third kappa shape index (κ3) is 1.37. The van der Waals surface area contributed by atoms with Crippen LogP contribution in [0.2, 0.25) is 0 Å². The zero-order valence-electron chi connectivity index (χ0n) is 8.81. The summed E-state index contributed by atoms with van der Waals surface area (Å²) in [6.45, 7) is 2.06. The van der Waals surface area contributed by atoms with Gasteiger partial charge in [0.1, 0.15) is 0 Å². The van der Waals surface area contributed by atoms with Crippen LogP contribution in [-0.4, -0.2) is 29.4 Å². The van der Waals surface area contributed by atoms with E-state index < -0.39 is 0 Å². The quantitative estimate of drug-likeness (QED) is 0.664. The lowest BCUT2D eigenvalue weighted by Crippen LogP contribution is -2.35. The Morgan fingerprint density at radius 1 is 1.40 bits per heavy atom. The highest BCUT2D eigenvalue weighted by Gasteiger charge is 2.32. The van der Waals surface area contributed by atoms with Gasteiger partial charge in [-0.05, 0) is 23.8 Å². The zero-order valence-corrected chi connectivity index (χ0v) is 9.63. The normalized spacial score (nSPS) is 23.4. The van der Waals surface area contributed by atoms with Crippen molar-refractivity contribution in [3.05, 3.63) is 35.4 Å². The molecule has 0 spiro atoms. The number of fused-ring (bicyclic) bond motifs is 3. The van der Waals surface area contributed by atoms with E-state index in [0.29, 0.717) is 6.04 Å². The monoisotopic (exact) mass is 218 g/mol. The summed E-state index contributed by atoms with van der Waals surface area (Å²) >= 11 is 1.77. The summed E-state index contributed by atoms with van der Waals surface area (Å²) in [5.41, 5.74) is 2.99. The first-order valence-corrected chi connectivity index (χ1v) is 6.55. The van der Waals surface area contributed by atoms with Gasteiger partial charge in [-0.15, -0.1) is 0 Å². The molecule has 2 aliphatic heterocycles. The summed E-state index contributed by atoms with van der Waals surface area (Å²) in [7, 11) is 0. The van der Waals surface area contributed by atoms with Crippen molar-refractivity contribution in [2.45, 2.75) is 12.5 Å². The minimum absolute atomic E-state index is 0.511. The van der Waals surface area contributed by atoms with E-state index in [-0.39, 0.29) is 0 Å². The summed E-state index contributed by atoms with van der Waals surface area (Å²) in [6.07, 6.45) is 3.27. The molecule has 0 aliphatic carbocycles. The first kappa shape index (κ1) is 9.28. The largest absolute Gasteiger partial charge is 0.342 e. The van der Waals surface area contributed by atoms with Crippen LogP contribution in [0, 0.1) is 0 Å². The predicted octanol–water partition coefficient (Wildman–Crippen LogP) is 2.32. The van der Waals surface area contributed by atoms with Crippen LogP contribution in [0.3, 0.4) is 0 Å². The van der Waals surface area contributed by atoms with E-state index in [2.05, 4.69) is 40.4 Å². The SMILES string of the molecule is CSC1=NCC2c3ccccc3CCN12. The fraction of sp³-hybridized carbons (Fsp3) is 0.417. The second kappa shape index (κ2) is 3.56. The van der Waals surface area contributed by atoms with E-state index in [9.17, 15) is 0 Å². The Morgan fingerprint density at radius 3 is 3.13 bits per heavy atom. The average molecular weight is 218 g/mol. The third-order valence-corrected chi connectivity index (χ3v) is 3.97. The van der Waals surface area contributed by atoms with Crippen LogP contribution in [0.5, 0.6) is 0 Å². The van der Waals surface area contributed by atoms with Gasteiger partial charge in [0, 0.05) is 6.54 Å². The molecule has 0 fully saturated rings. The van der Waals surface area contributed by atoms with Gasteiger partial charge in [0.2, 0.25) is 0 Å². The Morgan fingerprint density at radius 2 is 2.27 bits per heavy atom. The first-order chi connectivity index (χ1) is 7.40. The van der Waals surface area contributed by atoms with Crippen LogP contribution in [0.15, 0.2) is 29.3 Å². The predicted molar refractivity (Wildman–Crippen MR) is 65.4 cm³/mol. The minimum atomic E-state index is 0.511. The van der Waals surface area contributed by atoms with Crippen LogP contribution in [0.4, 0.5) is 0 Å². The maximum atomic E-state index is 4.60. The molecule has 1 aromatic carbocycles. The molecule has 1 aromatic rings. The molecule has 0 saturated heterocycles. The van der Waals surface area contributed by atoms with Crippen molar-refractivity contribution in [1.82, 2.24) is 4.90 Å². The van der Waals surface area contributed by atoms with Crippen molar-refractivity contribution >= 4 is 16.9 Å². The van der Waals surface area contributed by atoms with Crippen molar-refractivity contribution in [1.29, 1.82) is 0 Å². The van der Waals surface area contributed by atoms with Gasteiger partial charge in [0.15, 0.2) is 5.17 Å². The molecule has 0 N–H and O–H groups in total. The molecule has 2 nitrogen and oxygen atoms in total. The maximum absolute atomic E-state index is 4.60. The van der Waals surface area contributed by atoms with Gasteiger partial charge in [0.05, 0.1) is 12.6 Å². The van der Waals surface area contributed by atoms with Crippen molar-refractivity contribution in [3.8, 4) is 0 Å². The molecule has 0 amide bonds. The number of rotatable bonds is 0. The molecular weight excluding hydrogens is 204 g/mol. The van der Waals surface area contributed by atoms with E-state index in [4.69, 9.17) is 0 Å². The van der Waals surface area contributed by atoms with E-state index in [1.54, 1.807) is 11.8 Å². The summed E-state index contributed by atoms with van der Waals surface area (Å²) in [5, 5.41) is 1.22. The van der Waals surface area contributed by atoms with Gasteiger partial charge in [-0.25, -0.2) is 0 Å². The topological polar surface area (TPSA) is 15.6 Å². The molecule has 3 rings (SSSR count). The number of benzene rings is 1. The Balaban J connectivity index is 1.98. The summed E-state index contributed by atoms with van der Waals surface area (Å²) in [4.78, 5) is 7.05. The number of hydrogen-bond acceptors (Lipinski definition) is 3. The Hall–Kier alpha value is -0.960. The molecule has 2 heterocycles. The van der Waals surface area contributed by atoms with E-state index >= 15 is 0 Å². The van der Waals surface area contributed by atoms with Crippen LogP contribution in [0.25, 0.3) is 0 Å². The van der Waals surface area contributed by atoms with Gasteiger partial charge >= 0.3 is 0 Å². The number of hydrogen-bond donors (Lipinski definition) is 0. The number of amidine groups is 1. The van der Waals surface area contributed by atoms with Gasteiger partial charge in [-0.2, -0.15) is 0 Å². The molecule has 3 heteroatoms. The standard InChI is InChI=1S/C12H14N2S/c1-15-12-13-8-11-10-5-3-2-4-9(10)6-7-14(11)12/h2-5,11H,6-8H2,1H3. The number of aliphatic imine (C=N–C) groups is 1. The number of thioether (sulfide) groups is 1. The van der Waals surface area contributed by atoms with Crippen molar-refractivity contribution in [2.75, 3.05) is 19.3 Å². The Labute approximate surface area is 94.4 Å². The van der Waals surface area contributed by atoms with Crippen LogP contribution in [0.1, 0.15) is 17.2 Å². The first-order valence-electron chi connectivity index (χ1n) is 5.33. The highest BCUT2D eigenvalue weighted by atomic mass is 32.2. The smallest absolute Gasteiger partial charge is 0.159 e. The highest BCUT2D eigenvalue weighted by molar-refractivity contribution is 8.13. The summed E-state index contributed by atoms with van der Waals surface area (Å²) in [6, 6.07) is 9.30. The molecule has 15 heavy (non-hydrogen) atoms. The van der Waals surface area contributed by atoms with E-state index in [1.165, 1.54) is 16.3 Å². The van der Waals surface area contributed by atoms with E-state index in [1.807, 2.05) is 0 Å². The van der Waals surface area contributed by atoms with Gasteiger partial charge in [-0.3, -0.25) is 4.99 Å². The van der Waals surface area contributed by atoms with Gasteiger partial charge < -0.3 is 4.90 Å². The van der Waals surface area contributed by atoms with Gasteiger partial charge in [-0.1, -0.05) is 36.0 Å². The molecule has 1 unspecified atom stereocenters. The summed E-state index contributed by atoms with van der Waals surface area (Å²) < 4.78 is 0. The fourth-order valence-electron chi connectivity index (χ4n) is 2.51. The number of nitrogens with zero attached hydrogens (tertiary/aromatic N) is 2. The Kier molecular flexibility index (Phi) is 2.20. The lowest BCUT2D eigenvalue weighted by Gasteiger charge is -2.33. The summed E-state index contributed by atoms with van der Waals surface area (Å²) in [5.74, 6) is 0. The zero-order chi connectivity index (χ0) is 10.3. The van der Waals surface area contributed by atoms with Crippen LogP contribution >= 0.6 is 11.8 Å². The maximum Gasteiger partial charge on any atom is 0.159 e. The molecule has 0 bridgehead atoms. The third-order valence-electron chi connectivity index (χ3n) is 3.24. The second-order valence-corrected chi connectivity index (χ2v) is 4.76. The second-order valence-electron chi connectivity index (χ2n) is 3.99. The van der Waals surface area contributed by atoms with Crippen LogP contribution in [-0.2, 0) is 6.42 Å². The van der Waals surface area contributed by atoms with Crippen molar-refractivity contribution in [2.24, 2.45) is 4.99 Å². The lowest BCUT2D eigenvalue weighted by atomic mass is 9.94. The molecule has 0 saturated carbocycles.